The molecule has 0 aliphatic heterocycles. The monoisotopic (exact) mass is 441 g/mol. The smallest absolute Gasteiger partial charge is 0.262 e. The van der Waals surface area contributed by atoms with E-state index in [0.29, 0.717) is 39.6 Å². The molecule has 0 saturated carbocycles. The van der Waals surface area contributed by atoms with Gasteiger partial charge >= 0.3 is 0 Å². The molecular formula is C19H16BrN5O3. The quantitative estimate of drug-likeness (QED) is 0.603. The summed E-state index contributed by atoms with van der Waals surface area (Å²) in [6.07, 6.45) is 4.98. The first kappa shape index (κ1) is 19.4. The molecular weight excluding hydrogens is 426 g/mol. The summed E-state index contributed by atoms with van der Waals surface area (Å²) in [6, 6.07) is 10.5. The molecule has 9 heteroatoms. The number of pyridine rings is 1. The van der Waals surface area contributed by atoms with Crippen molar-refractivity contribution in [3.63, 3.8) is 0 Å². The Morgan fingerprint density at radius 3 is 2.86 bits per heavy atom. The topological polar surface area (TPSA) is 102 Å². The van der Waals surface area contributed by atoms with Crippen LogP contribution in [-0.2, 0) is 4.79 Å². The first-order valence-electron chi connectivity index (χ1n) is 8.36. The van der Waals surface area contributed by atoms with E-state index in [0.717, 1.165) is 0 Å². The molecule has 0 aliphatic carbocycles. The fourth-order valence-electron chi connectivity index (χ4n) is 2.37. The Balaban J connectivity index is 1.64. The molecule has 8 nitrogen and oxygen atoms in total. The van der Waals surface area contributed by atoms with Gasteiger partial charge in [0.25, 0.3) is 5.91 Å². The van der Waals surface area contributed by atoms with Gasteiger partial charge in [-0.2, -0.15) is 10.4 Å². The summed E-state index contributed by atoms with van der Waals surface area (Å²) in [4.78, 5) is 16.5. The minimum Gasteiger partial charge on any atom is -0.490 e. The molecule has 0 radical (unpaired) electrons. The molecule has 0 bridgehead atoms. The van der Waals surface area contributed by atoms with Crippen molar-refractivity contribution in [2.24, 2.45) is 0 Å². The normalized spacial score (nSPS) is 10.2. The van der Waals surface area contributed by atoms with Gasteiger partial charge in [0.15, 0.2) is 23.9 Å². The molecule has 1 N–H and O–H groups in total. The highest BCUT2D eigenvalue weighted by Gasteiger charge is 2.14. The van der Waals surface area contributed by atoms with E-state index in [1.165, 1.54) is 6.20 Å². The summed E-state index contributed by atoms with van der Waals surface area (Å²) in [5.74, 6) is 1.05. The van der Waals surface area contributed by atoms with Crippen molar-refractivity contribution < 1.29 is 14.3 Å². The van der Waals surface area contributed by atoms with Gasteiger partial charge in [-0.15, -0.1) is 0 Å². The number of anilines is 1. The molecule has 3 aromatic rings. The zero-order valence-corrected chi connectivity index (χ0v) is 16.5. The van der Waals surface area contributed by atoms with Gasteiger partial charge in [0.2, 0.25) is 0 Å². The van der Waals surface area contributed by atoms with Gasteiger partial charge in [-0.25, -0.2) is 9.67 Å². The van der Waals surface area contributed by atoms with E-state index in [1.54, 1.807) is 47.4 Å². The average Bonchev–Trinajstić information content (AvgIpc) is 3.22. The number of benzene rings is 1. The van der Waals surface area contributed by atoms with Crippen molar-refractivity contribution in [1.82, 2.24) is 14.8 Å². The molecule has 0 fully saturated rings. The van der Waals surface area contributed by atoms with Crippen molar-refractivity contribution in [2.75, 3.05) is 18.5 Å². The Bertz CT molecular complexity index is 998. The van der Waals surface area contributed by atoms with Crippen molar-refractivity contribution >= 4 is 27.5 Å². The van der Waals surface area contributed by atoms with Gasteiger partial charge in [0.05, 0.1) is 34.6 Å². The number of hydrogen-bond acceptors (Lipinski definition) is 6. The van der Waals surface area contributed by atoms with Crippen molar-refractivity contribution in [3.8, 4) is 23.4 Å². The first-order chi connectivity index (χ1) is 13.6. The van der Waals surface area contributed by atoms with Gasteiger partial charge in [-0.1, -0.05) is 0 Å². The fourth-order valence-corrected chi connectivity index (χ4v) is 2.93. The SMILES string of the molecule is CCOc1cc(C#N)cc(Br)c1OCC(=O)Nc1ccc(-n2cccn2)nc1. The summed E-state index contributed by atoms with van der Waals surface area (Å²) >= 11 is 3.35. The van der Waals surface area contributed by atoms with E-state index in [2.05, 4.69) is 31.3 Å². The highest BCUT2D eigenvalue weighted by Crippen LogP contribution is 2.36. The Morgan fingerprint density at radius 2 is 2.21 bits per heavy atom. The molecule has 0 saturated heterocycles. The largest absolute Gasteiger partial charge is 0.490 e. The van der Waals surface area contributed by atoms with Crippen LogP contribution in [0.5, 0.6) is 11.5 Å². The summed E-state index contributed by atoms with van der Waals surface area (Å²) in [5.41, 5.74) is 0.962. The standard InChI is InChI=1S/C19H16BrN5O3/c1-2-27-16-9-13(10-21)8-15(20)19(16)28-12-18(26)24-14-4-5-17(22-11-14)25-7-3-6-23-25/h3-9,11H,2,12H2,1H3,(H,24,26). The maximum Gasteiger partial charge on any atom is 0.262 e. The van der Waals surface area contributed by atoms with Crippen LogP contribution < -0.4 is 14.8 Å². The van der Waals surface area contributed by atoms with Crippen LogP contribution in [0, 0.1) is 11.3 Å². The highest BCUT2D eigenvalue weighted by molar-refractivity contribution is 9.10. The first-order valence-corrected chi connectivity index (χ1v) is 9.15. The third-order valence-corrected chi connectivity index (χ3v) is 4.15. The summed E-state index contributed by atoms with van der Waals surface area (Å²) < 4.78 is 13.3. The van der Waals surface area contributed by atoms with E-state index >= 15 is 0 Å². The molecule has 2 heterocycles. The maximum atomic E-state index is 12.2. The zero-order chi connectivity index (χ0) is 19.9. The van der Waals surface area contributed by atoms with Crippen molar-refractivity contribution in [3.05, 3.63) is 59.0 Å². The summed E-state index contributed by atoms with van der Waals surface area (Å²) in [5, 5.41) is 15.9. The van der Waals surface area contributed by atoms with Gasteiger partial charge in [0.1, 0.15) is 0 Å². The number of carbonyl (C=O) groups is 1. The maximum absolute atomic E-state index is 12.2. The fraction of sp³-hybridized carbons (Fsp3) is 0.158. The van der Waals surface area contributed by atoms with Crippen LogP contribution in [0.3, 0.4) is 0 Å². The van der Waals surface area contributed by atoms with Gasteiger partial charge in [-0.3, -0.25) is 4.79 Å². The summed E-state index contributed by atoms with van der Waals surface area (Å²) in [6.45, 7) is 1.99. The van der Waals surface area contributed by atoms with Crippen LogP contribution in [0.4, 0.5) is 5.69 Å². The van der Waals surface area contributed by atoms with Crippen molar-refractivity contribution in [2.45, 2.75) is 6.92 Å². The number of amides is 1. The lowest BCUT2D eigenvalue weighted by Gasteiger charge is -2.14. The third-order valence-electron chi connectivity index (χ3n) is 3.56. The molecule has 1 aromatic carbocycles. The van der Waals surface area contributed by atoms with Crippen LogP contribution >= 0.6 is 15.9 Å². The number of nitriles is 1. The Kier molecular flexibility index (Phi) is 6.24. The van der Waals surface area contributed by atoms with Crippen LogP contribution in [0.1, 0.15) is 12.5 Å². The van der Waals surface area contributed by atoms with E-state index in [9.17, 15) is 4.79 Å². The molecule has 0 aliphatic rings. The Hall–Kier alpha value is -3.38. The lowest BCUT2D eigenvalue weighted by atomic mass is 10.2. The van der Waals surface area contributed by atoms with E-state index in [1.807, 2.05) is 13.0 Å². The molecule has 28 heavy (non-hydrogen) atoms. The molecule has 1 amide bonds. The van der Waals surface area contributed by atoms with Gasteiger partial charge in [0, 0.05) is 18.5 Å². The second-order valence-corrected chi connectivity index (χ2v) is 6.38. The number of carbonyl (C=O) groups excluding carboxylic acids is 1. The van der Waals surface area contributed by atoms with Crippen LogP contribution in [0.25, 0.3) is 5.82 Å². The third kappa shape index (κ3) is 4.66. The number of hydrogen-bond donors (Lipinski definition) is 1. The number of halogens is 1. The molecule has 3 rings (SSSR count). The van der Waals surface area contributed by atoms with Gasteiger partial charge < -0.3 is 14.8 Å². The highest BCUT2D eigenvalue weighted by atomic mass is 79.9. The van der Waals surface area contributed by atoms with Gasteiger partial charge in [-0.05, 0) is 47.1 Å². The number of nitrogens with zero attached hydrogens (tertiary/aromatic N) is 4. The number of aromatic nitrogens is 3. The Morgan fingerprint density at radius 1 is 1.36 bits per heavy atom. The lowest BCUT2D eigenvalue weighted by molar-refractivity contribution is -0.118. The summed E-state index contributed by atoms with van der Waals surface area (Å²) in [7, 11) is 0. The molecule has 2 aromatic heterocycles. The molecule has 0 spiro atoms. The molecule has 0 unspecified atom stereocenters. The molecule has 142 valence electrons. The van der Waals surface area contributed by atoms with E-state index in [4.69, 9.17) is 14.7 Å². The zero-order valence-electron chi connectivity index (χ0n) is 14.9. The second kappa shape index (κ2) is 9.01. The Labute approximate surface area is 169 Å². The van der Waals surface area contributed by atoms with E-state index in [-0.39, 0.29) is 12.5 Å². The van der Waals surface area contributed by atoms with E-state index < -0.39 is 0 Å². The predicted molar refractivity (Wildman–Crippen MR) is 106 cm³/mol. The molecule has 0 atom stereocenters. The van der Waals surface area contributed by atoms with Crippen LogP contribution in [0.2, 0.25) is 0 Å². The minimum atomic E-state index is -0.354. The second-order valence-electron chi connectivity index (χ2n) is 5.52. The minimum absolute atomic E-state index is 0.231. The number of rotatable bonds is 7. The average molecular weight is 442 g/mol. The number of ether oxygens (including phenoxy) is 2. The number of nitrogens with one attached hydrogen (secondary N) is 1. The van der Waals surface area contributed by atoms with Crippen LogP contribution in [0.15, 0.2) is 53.4 Å². The lowest BCUT2D eigenvalue weighted by Crippen LogP contribution is -2.20. The van der Waals surface area contributed by atoms with Crippen LogP contribution in [-0.4, -0.2) is 33.9 Å². The van der Waals surface area contributed by atoms with Crippen molar-refractivity contribution in [1.29, 1.82) is 5.26 Å². The predicted octanol–water partition coefficient (Wildman–Crippen LogP) is 3.32.